The molecule has 3 N–H and O–H groups in total. The van der Waals surface area contributed by atoms with Gasteiger partial charge >= 0.3 is 0 Å². The SMILES string of the molecule is NCC1CCCN1C(=O)c1cc(F)ccc1O. The molecule has 1 saturated heterocycles. The Morgan fingerprint density at radius 3 is 3.06 bits per heavy atom. The average molecular weight is 238 g/mol. The number of phenols is 1. The number of likely N-dealkylation sites (tertiary alicyclic amines) is 1. The van der Waals surface area contributed by atoms with Gasteiger partial charge in [-0.3, -0.25) is 4.79 Å². The van der Waals surface area contributed by atoms with Crippen molar-refractivity contribution in [2.75, 3.05) is 13.1 Å². The van der Waals surface area contributed by atoms with Gasteiger partial charge in [-0.05, 0) is 31.0 Å². The van der Waals surface area contributed by atoms with Gasteiger partial charge in [-0.15, -0.1) is 0 Å². The first-order chi connectivity index (χ1) is 8.13. The van der Waals surface area contributed by atoms with Crippen molar-refractivity contribution in [3.63, 3.8) is 0 Å². The van der Waals surface area contributed by atoms with Gasteiger partial charge < -0.3 is 15.7 Å². The fraction of sp³-hybridized carbons (Fsp3) is 0.417. The molecule has 0 bridgehead atoms. The van der Waals surface area contributed by atoms with Gasteiger partial charge in [0.1, 0.15) is 11.6 Å². The predicted molar refractivity (Wildman–Crippen MR) is 61.2 cm³/mol. The van der Waals surface area contributed by atoms with Gasteiger partial charge in [-0.1, -0.05) is 0 Å². The number of carbonyl (C=O) groups is 1. The Kier molecular flexibility index (Phi) is 3.28. The normalized spacial score (nSPS) is 19.6. The fourth-order valence-electron chi connectivity index (χ4n) is 2.18. The highest BCUT2D eigenvalue weighted by molar-refractivity contribution is 5.97. The Hall–Kier alpha value is -1.62. The highest BCUT2D eigenvalue weighted by Gasteiger charge is 2.29. The van der Waals surface area contributed by atoms with E-state index < -0.39 is 5.82 Å². The first-order valence-corrected chi connectivity index (χ1v) is 5.63. The van der Waals surface area contributed by atoms with Crippen LogP contribution in [-0.4, -0.2) is 35.0 Å². The Morgan fingerprint density at radius 2 is 2.35 bits per heavy atom. The molecule has 0 radical (unpaired) electrons. The standard InChI is InChI=1S/C12H15FN2O2/c13-8-3-4-11(16)10(6-8)12(17)15-5-1-2-9(15)7-14/h3-4,6,9,16H,1-2,5,7,14H2. The minimum absolute atomic E-state index is 0.00495. The van der Waals surface area contributed by atoms with Crippen LogP contribution in [0.3, 0.4) is 0 Å². The zero-order chi connectivity index (χ0) is 12.4. The highest BCUT2D eigenvalue weighted by atomic mass is 19.1. The van der Waals surface area contributed by atoms with Crippen molar-refractivity contribution in [1.82, 2.24) is 4.90 Å². The topological polar surface area (TPSA) is 66.6 Å². The number of aromatic hydroxyl groups is 1. The summed E-state index contributed by atoms with van der Waals surface area (Å²) in [4.78, 5) is 13.7. The summed E-state index contributed by atoms with van der Waals surface area (Å²) in [6.45, 7) is 0.998. The number of phenolic OH excluding ortho intramolecular Hbond substituents is 1. The zero-order valence-electron chi connectivity index (χ0n) is 9.40. The zero-order valence-corrected chi connectivity index (χ0v) is 9.40. The Bertz CT molecular complexity index is 437. The Balaban J connectivity index is 2.27. The molecule has 1 fully saturated rings. The third-order valence-corrected chi connectivity index (χ3v) is 3.10. The predicted octanol–water partition coefficient (Wildman–Crippen LogP) is 1.09. The number of benzene rings is 1. The monoisotopic (exact) mass is 238 g/mol. The molecule has 1 atom stereocenters. The van der Waals surface area contributed by atoms with E-state index in [0.29, 0.717) is 13.1 Å². The van der Waals surface area contributed by atoms with Crippen molar-refractivity contribution in [2.45, 2.75) is 18.9 Å². The molecule has 17 heavy (non-hydrogen) atoms. The molecule has 5 heteroatoms. The summed E-state index contributed by atoms with van der Waals surface area (Å²) in [5, 5.41) is 9.58. The smallest absolute Gasteiger partial charge is 0.258 e. The van der Waals surface area contributed by atoms with Gasteiger partial charge in [0.25, 0.3) is 5.91 Å². The number of amides is 1. The minimum atomic E-state index is -0.533. The van der Waals surface area contributed by atoms with Crippen LogP contribution in [0.2, 0.25) is 0 Å². The summed E-state index contributed by atoms with van der Waals surface area (Å²) in [7, 11) is 0. The lowest BCUT2D eigenvalue weighted by atomic mass is 10.1. The molecule has 1 unspecified atom stereocenters. The van der Waals surface area contributed by atoms with E-state index in [-0.39, 0.29) is 23.3 Å². The van der Waals surface area contributed by atoms with Gasteiger partial charge in [0.2, 0.25) is 0 Å². The molecule has 1 amide bonds. The number of nitrogens with zero attached hydrogens (tertiary/aromatic N) is 1. The molecule has 1 aromatic rings. The number of hydrogen-bond acceptors (Lipinski definition) is 3. The summed E-state index contributed by atoms with van der Waals surface area (Å²) < 4.78 is 13.1. The van der Waals surface area contributed by atoms with Gasteiger partial charge in [0.15, 0.2) is 0 Å². The summed E-state index contributed by atoms with van der Waals surface area (Å²) in [5.74, 6) is -1.08. The van der Waals surface area contributed by atoms with E-state index in [2.05, 4.69) is 0 Å². The lowest BCUT2D eigenvalue weighted by molar-refractivity contribution is 0.0737. The third kappa shape index (κ3) is 2.24. The molecular weight excluding hydrogens is 223 g/mol. The quantitative estimate of drug-likeness (QED) is 0.810. The van der Waals surface area contributed by atoms with Crippen LogP contribution in [0, 0.1) is 5.82 Å². The Morgan fingerprint density at radius 1 is 1.59 bits per heavy atom. The van der Waals surface area contributed by atoms with Gasteiger partial charge in [-0.2, -0.15) is 0 Å². The molecule has 92 valence electrons. The van der Waals surface area contributed by atoms with Gasteiger partial charge in [0.05, 0.1) is 5.56 Å². The second-order valence-electron chi connectivity index (χ2n) is 4.19. The molecule has 1 aliphatic rings. The molecule has 1 aromatic carbocycles. The largest absolute Gasteiger partial charge is 0.507 e. The molecule has 0 spiro atoms. The lowest BCUT2D eigenvalue weighted by Gasteiger charge is -2.23. The number of nitrogens with two attached hydrogens (primary N) is 1. The molecule has 2 rings (SSSR count). The minimum Gasteiger partial charge on any atom is -0.507 e. The molecule has 0 saturated carbocycles. The molecule has 0 aromatic heterocycles. The Labute approximate surface area is 98.8 Å². The first kappa shape index (κ1) is 11.9. The van der Waals surface area contributed by atoms with E-state index in [0.717, 1.165) is 25.0 Å². The molecular formula is C12H15FN2O2. The molecule has 4 nitrogen and oxygen atoms in total. The van der Waals surface area contributed by atoms with Crippen molar-refractivity contribution in [3.05, 3.63) is 29.6 Å². The van der Waals surface area contributed by atoms with Crippen LogP contribution in [0.5, 0.6) is 5.75 Å². The average Bonchev–Trinajstić information content (AvgIpc) is 2.79. The number of halogens is 1. The van der Waals surface area contributed by atoms with Crippen molar-refractivity contribution >= 4 is 5.91 Å². The number of rotatable bonds is 2. The van der Waals surface area contributed by atoms with Crippen LogP contribution in [0.4, 0.5) is 4.39 Å². The van der Waals surface area contributed by atoms with E-state index in [1.54, 1.807) is 4.90 Å². The summed E-state index contributed by atoms with van der Waals surface area (Å²) in [5.41, 5.74) is 5.58. The number of hydrogen-bond donors (Lipinski definition) is 2. The fourth-order valence-corrected chi connectivity index (χ4v) is 2.18. The van der Waals surface area contributed by atoms with Crippen LogP contribution >= 0.6 is 0 Å². The maximum absolute atomic E-state index is 13.1. The van der Waals surface area contributed by atoms with E-state index >= 15 is 0 Å². The van der Waals surface area contributed by atoms with Crippen LogP contribution in [0.1, 0.15) is 23.2 Å². The summed E-state index contributed by atoms with van der Waals surface area (Å²) in [6.07, 6.45) is 1.75. The second-order valence-corrected chi connectivity index (χ2v) is 4.19. The van der Waals surface area contributed by atoms with Crippen LogP contribution in [0.15, 0.2) is 18.2 Å². The van der Waals surface area contributed by atoms with Gasteiger partial charge in [0, 0.05) is 19.1 Å². The molecule has 1 aliphatic heterocycles. The van der Waals surface area contributed by atoms with Crippen LogP contribution in [0.25, 0.3) is 0 Å². The highest BCUT2D eigenvalue weighted by Crippen LogP contribution is 2.24. The van der Waals surface area contributed by atoms with E-state index in [1.165, 1.54) is 6.07 Å². The molecule has 1 heterocycles. The van der Waals surface area contributed by atoms with Crippen molar-refractivity contribution in [2.24, 2.45) is 5.73 Å². The van der Waals surface area contributed by atoms with Crippen LogP contribution in [-0.2, 0) is 0 Å². The van der Waals surface area contributed by atoms with Crippen molar-refractivity contribution in [3.8, 4) is 5.75 Å². The van der Waals surface area contributed by atoms with E-state index in [9.17, 15) is 14.3 Å². The van der Waals surface area contributed by atoms with Crippen molar-refractivity contribution in [1.29, 1.82) is 0 Å². The third-order valence-electron chi connectivity index (χ3n) is 3.10. The maximum Gasteiger partial charge on any atom is 0.258 e. The van der Waals surface area contributed by atoms with E-state index in [1.807, 2.05) is 0 Å². The van der Waals surface area contributed by atoms with E-state index in [4.69, 9.17) is 5.73 Å². The molecule has 0 aliphatic carbocycles. The summed E-state index contributed by atoms with van der Waals surface area (Å²) in [6, 6.07) is 3.36. The van der Waals surface area contributed by atoms with Gasteiger partial charge in [-0.25, -0.2) is 4.39 Å². The van der Waals surface area contributed by atoms with Crippen LogP contribution < -0.4 is 5.73 Å². The summed E-state index contributed by atoms with van der Waals surface area (Å²) >= 11 is 0. The maximum atomic E-state index is 13.1. The number of carbonyl (C=O) groups excluding carboxylic acids is 1. The first-order valence-electron chi connectivity index (χ1n) is 5.63. The second kappa shape index (κ2) is 4.71. The van der Waals surface area contributed by atoms with Crippen molar-refractivity contribution < 1.29 is 14.3 Å². The lowest BCUT2D eigenvalue weighted by Crippen LogP contribution is -2.39.